The van der Waals surface area contributed by atoms with E-state index in [0.717, 1.165) is 32.1 Å². The fourth-order valence-corrected chi connectivity index (χ4v) is 7.05. The summed E-state index contributed by atoms with van der Waals surface area (Å²) < 4.78 is 0. The lowest BCUT2D eigenvalue weighted by Crippen LogP contribution is -2.50. The molecule has 0 saturated carbocycles. The molecule has 0 rings (SSSR count). The molecule has 5 heteroatoms. The quantitative estimate of drug-likeness (QED) is 0.0485. The molecule has 1 unspecified atom stereocenters. The highest BCUT2D eigenvalue weighted by atomic mass is 16.3. The van der Waals surface area contributed by atoms with Crippen molar-refractivity contribution >= 4 is 5.91 Å². The number of rotatable bonds is 40. The van der Waals surface area contributed by atoms with Gasteiger partial charge in [0.05, 0.1) is 18.8 Å². The van der Waals surface area contributed by atoms with E-state index >= 15 is 0 Å². The molecule has 4 N–H and O–H groups in total. The molecular formula is C43H87NO4. The Hall–Kier alpha value is -0.650. The van der Waals surface area contributed by atoms with Crippen molar-refractivity contribution in [1.29, 1.82) is 0 Å². The minimum Gasteiger partial charge on any atom is -0.394 e. The van der Waals surface area contributed by atoms with Crippen molar-refractivity contribution in [3.8, 4) is 0 Å². The van der Waals surface area contributed by atoms with Crippen LogP contribution in [0.3, 0.4) is 0 Å². The van der Waals surface area contributed by atoms with Crippen LogP contribution in [0.4, 0.5) is 0 Å². The number of nitrogens with one attached hydrogen (secondary N) is 1. The SMILES string of the molecule is CCCCCCCCCCCCCCCCCCCCCCCCC(=O)N[C@H](CO)[C@H](O)C(O)CCCCCCCCCCCCCC. The number of carbonyl (C=O) groups excluding carboxylic acids is 1. The predicted octanol–water partition coefficient (Wildman–Crippen LogP) is 12.3. The molecule has 0 saturated heterocycles. The minimum absolute atomic E-state index is 0.140. The Kier molecular flexibility index (Phi) is 38.6. The van der Waals surface area contributed by atoms with Gasteiger partial charge in [0.1, 0.15) is 6.10 Å². The summed E-state index contributed by atoms with van der Waals surface area (Å²) in [4.78, 5) is 12.4. The summed E-state index contributed by atoms with van der Waals surface area (Å²) in [6.07, 6.45) is 43.6. The first-order chi connectivity index (χ1) is 23.6. The highest BCUT2D eigenvalue weighted by Gasteiger charge is 2.26. The van der Waals surface area contributed by atoms with Crippen molar-refractivity contribution in [2.24, 2.45) is 0 Å². The topological polar surface area (TPSA) is 89.8 Å². The molecule has 0 aromatic rings. The van der Waals surface area contributed by atoms with Gasteiger partial charge in [0.15, 0.2) is 0 Å². The maximum absolute atomic E-state index is 12.4. The van der Waals surface area contributed by atoms with Crippen molar-refractivity contribution in [2.75, 3.05) is 6.61 Å². The van der Waals surface area contributed by atoms with Crippen molar-refractivity contribution < 1.29 is 20.1 Å². The van der Waals surface area contributed by atoms with Gasteiger partial charge in [-0.2, -0.15) is 0 Å². The lowest BCUT2D eigenvalue weighted by molar-refractivity contribution is -0.124. The zero-order chi connectivity index (χ0) is 35.2. The van der Waals surface area contributed by atoms with E-state index in [4.69, 9.17) is 0 Å². The Labute approximate surface area is 300 Å². The van der Waals surface area contributed by atoms with Gasteiger partial charge in [0.25, 0.3) is 0 Å². The first-order valence-corrected chi connectivity index (χ1v) is 21.8. The van der Waals surface area contributed by atoms with Gasteiger partial charge < -0.3 is 20.6 Å². The van der Waals surface area contributed by atoms with Crippen LogP contribution in [0.25, 0.3) is 0 Å². The molecule has 1 amide bonds. The van der Waals surface area contributed by atoms with E-state index < -0.39 is 18.2 Å². The van der Waals surface area contributed by atoms with Crippen LogP contribution >= 0.6 is 0 Å². The van der Waals surface area contributed by atoms with Crippen molar-refractivity contribution in [3.05, 3.63) is 0 Å². The summed E-state index contributed by atoms with van der Waals surface area (Å²) in [6.45, 7) is 4.19. The molecule has 3 atom stereocenters. The van der Waals surface area contributed by atoms with E-state index in [1.165, 1.54) is 186 Å². The molecule has 48 heavy (non-hydrogen) atoms. The van der Waals surface area contributed by atoms with Crippen LogP contribution < -0.4 is 5.32 Å². The number of hydrogen-bond acceptors (Lipinski definition) is 4. The van der Waals surface area contributed by atoms with E-state index in [0.29, 0.717) is 12.8 Å². The zero-order valence-corrected chi connectivity index (χ0v) is 32.6. The van der Waals surface area contributed by atoms with Crippen LogP contribution in [0.5, 0.6) is 0 Å². The molecule has 0 aliphatic rings. The van der Waals surface area contributed by atoms with E-state index in [1.54, 1.807) is 0 Å². The first kappa shape index (κ1) is 47.4. The fraction of sp³-hybridized carbons (Fsp3) is 0.977. The monoisotopic (exact) mass is 682 g/mol. The van der Waals surface area contributed by atoms with Gasteiger partial charge in [0.2, 0.25) is 5.91 Å². The van der Waals surface area contributed by atoms with E-state index in [2.05, 4.69) is 19.2 Å². The van der Waals surface area contributed by atoms with E-state index in [-0.39, 0.29) is 12.5 Å². The molecule has 0 aliphatic carbocycles. The summed E-state index contributed by atoms with van der Waals surface area (Å²) in [6, 6.07) is -0.801. The molecule has 0 aromatic heterocycles. The molecule has 0 radical (unpaired) electrons. The molecule has 5 nitrogen and oxygen atoms in total. The van der Waals surface area contributed by atoms with Crippen LogP contribution in [-0.4, -0.2) is 46.1 Å². The van der Waals surface area contributed by atoms with Gasteiger partial charge in [-0.05, 0) is 12.8 Å². The average Bonchev–Trinajstić information content (AvgIpc) is 3.09. The van der Waals surface area contributed by atoms with E-state index in [1.807, 2.05) is 0 Å². The number of carbonyl (C=O) groups is 1. The number of amides is 1. The van der Waals surface area contributed by atoms with Crippen LogP contribution in [0, 0.1) is 0 Å². The molecular weight excluding hydrogens is 594 g/mol. The second kappa shape index (κ2) is 39.1. The summed E-state index contributed by atoms with van der Waals surface area (Å²) in [7, 11) is 0. The van der Waals surface area contributed by atoms with Crippen molar-refractivity contribution in [2.45, 2.75) is 263 Å². The molecule has 0 heterocycles. The van der Waals surface area contributed by atoms with Crippen LogP contribution in [0.2, 0.25) is 0 Å². The average molecular weight is 682 g/mol. The van der Waals surface area contributed by atoms with Gasteiger partial charge in [-0.1, -0.05) is 226 Å². The van der Waals surface area contributed by atoms with Gasteiger partial charge in [-0.25, -0.2) is 0 Å². The minimum atomic E-state index is -1.13. The molecule has 288 valence electrons. The fourth-order valence-electron chi connectivity index (χ4n) is 7.05. The maximum atomic E-state index is 12.4. The summed E-state index contributed by atoms with van der Waals surface area (Å²) in [5, 5.41) is 33.5. The van der Waals surface area contributed by atoms with Crippen molar-refractivity contribution in [1.82, 2.24) is 5.32 Å². The Bertz CT molecular complexity index is 630. The Morgan fingerprint density at radius 2 is 0.708 bits per heavy atom. The summed E-state index contributed by atoms with van der Waals surface area (Å²) in [5.74, 6) is -0.140. The third-order valence-corrected chi connectivity index (χ3v) is 10.5. The number of unbranched alkanes of at least 4 members (excludes halogenated alkanes) is 32. The van der Waals surface area contributed by atoms with Crippen molar-refractivity contribution in [3.63, 3.8) is 0 Å². The standard InChI is InChI=1S/C43H87NO4/c1-3-5-7-9-11-13-15-17-18-19-20-21-22-23-24-25-26-28-30-32-34-36-38-42(47)44-40(39-45)43(48)41(46)37-35-33-31-29-27-16-14-12-10-8-6-4-2/h40-41,43,45-46,48H,3-39H2,1-2H3,(H,44,47)/t40-,41?,43+/m1/s1. The number of hydrogen-bond donors (Lipinski definition) is 4. The second-order valence-electron chi connectivity index (χ2n) is 15.3. The molecule has 0 fully saturated rings. The molecule has 0 spiro atoms. The van der Waals surface area contributed by atoms with Gasteiger partial charge >= 0.3 is 0 Å². The molecule has 0 aliphatic heterocycles. The highest BCUT2D eigenvalue weighted by molar-refractivity contribution is 5.76. The second-order valence-corrected chi connectivity index (χ2v) is 15.3. The molecule has 0 bridgehead atoms. The Balaban J connectivity index is 3.54. The number of aliphatic hydroxyl groups excluding tert-OH is 3. The summed E-state index contributed by atoms with van der Waals surface area (Å²) in [5.41, 5.74) is 0. The Morgan fingerprint density at radius 3 is 1.00 bits per heavy atom. The Morgan fingerprint density at radius 1 is 0.438 bits per heavy atom. The van der Waals surface area contributed by atoms with Gasteiger partial charge in [0, 0.05) is 6.42 Å². The molecule has 0 aromatic carbocycles. The maximum Gasteiger partial charge on any atom is 0.220 e. The normalized spacial score (nSPS) is 13.5. The highest BCUT2D eigenvalue weighted by Crippen LogP contribution is 2.17. The zero-order valence-electron chi connectivity index (χ0n) is 32.6. The predicted molar refractivity (Wildman–Crippen MR) is 209 cm³/mol. The third-order valence-electron chi connectivity index (χ3n) is 10.5. The van der Waals surface area contributed by atoms with Crippen LogP contribution in [0.15, 0.2) is 0 Å². The van der Waals surface area contributed by atoms with Crippen LogP contribution in [0.1, 0.15) is 245 Å². The third kappa shape index (κ3) is 33.8. The summed E-state index contributed by atoms with van der Waals surface area (Å²) >= 11 is 0. The van der Waals surface area contributed by atoms with Crippen LogP contribution in [-0.2, 0) is 4.79 Å². The van der Waals surface area contributed by atoms with Gasteiger partial charge in [-0.15, -0.1) is 0 Å². The number of aliphatic hydroxyl groups is 3. The van der Waals surface area contributed by atoms with E-state index in [9.17, 15) is 20.1 Å². The largest absolute Gasteiger partial charge is 0.394 e. The lowest BCUT2D eigenvalue weighted by atomic mass is 9.99. The van der Waals surface area contributed by atoms with Gasteiger partial charge in [-0.3, -0.25) is 4.79 Å². The first-order valence-electron chi connectivity index (χ1n) is 21.8. The lowest BCUT2D eigenvalue weighted by Gasteiger charge is -2.26. The smallest absolute Gasteiger partial charge is 0.220 e.